The molecule has 0 bridgehead atoms. The maximum Gasteiger partial charge on any atom is 0.445 e. The SMILES string of the molecule is CC1CN=C(N2CCN(c3nnc(C(F)(F)F)s3)CC2)S1. The number of amidine groups is 1. The van der Waals surface area contributed by atoms with Gasteiger partial charge in [-0.2, -0.15) is 13.2 Å². The smallest absolute Gasteiger partial charge is 0.348 e. The molecular formula is C11H14F3N5S2. The minimum absolute atomic E-state index is 0.344. The van der Waals surface area contributed by atoms with Gasteiger partial charge in [0.25, 0.3) is 0 Å². The lowest BCUT2D eigenvalue weighted by Gasteiger charge is -2.35. The summed E-state index contributed by atoms with van der Waals surface area (Å²) in [6.07, 6.45) is -4.41. The van der Waals surface area contributed by atoms with E-state index in [1.807, 2.05) is 4.90 Å². The number of anilines is 1. The molecule has 0 N–H and O–H groups in total. The summed E-state index contributed by atoms with van der Waals surface area (Å²) in [4.78, 5) is 8.53. The van der Waals surface area contributed by atoms with Crippen molar-refractivity contribution in [3.05, 3.63) is 5.01 Å². The summed E-state index contributed by atoms with van der Waals surface area (Å²) < 4.78 is 37.6. The van der Waals surface area contributed by atoms with Gasteiger partial charge in [0.1, 0.15) is 0 Å². The van der Waals surface area contributed by atoms with Crippen molar-refractivity contribution in [1.82, 2.24) is 15.1 Å². The summed E-state index contributed by atoms with van der Waals surface area (Å²) in [5, 5.41) is 7.91. The normalized spacial score (nSPS) is 23.6. The van der Waals surface area contributed by atoms with Crippen LogP contribution >= 0.6 is 23.1 Å². The van der Waals surface area contributed by atoms with E-state index in [-0.39, 0.29) is 0 Å². The maximum absolute atomic E-state index is 12.5. The number of hydrogen-bond acceptors (Lipinski definition) is 7. The number of alkyl halides is 3. The first kappa shape index (κ1) is 14.9. The van der Waals surface area contributed by atoms with Crippen LogP contribution in [0, 0.1) is 0 Å². The van der Waals surface area contributed by atoms with E-state index in [1.165, 1.54) is 0 Å². The van der Waals surface area contributed by atoms with Crippen LogP contribution < -0.4 is 4.90 Å². The third-order valence-electron chi connectivity index (χ3n) is 3.27. The second kappa shape index (κ2) is 5.64. The first-order chi connectivity index (χ1) is 9.93. The molecule has 0 amide bonds. The second-order valence-electron chi connectivity index (χ2n) is 4.91. The minimum atomic E-state index is -4.41. The molecular weight excluding hydrogens is 323 g/mol. The Labute approximate surface area is 128 Å². The van der Waals surface area contributed by atoms with Crippen LogP contribution in [0.5, 0.6) is 0 Å². The first-order valence-electron chi connectivity index (χ1n) is 6.55. The van der Waals surface area contributed by atoms with E-state index in [0.29, 0.717) is 34.8 Å². The summed E-state index contributed by atoms with van der Waals surface area (Å²) in [5.74, 6) is 0. The highest BCUT2D eigenvalue weighted by Gasteiger charge is 2.36. The molecule has 3 heterocycles. The highest BCUT2D eigenvalue weighted by molar-refractivity contribution is 8.14. The summed E-state index contributed by atoms with van der Waals surface area (Å²) in [5.41, 5.74) is 0. The number of hydrogen-bond donors (Lipinski definition) is 0. The lowest BCUT2D eigenvalue weighted by molar-refractivity contribution is -0.138. The van der Waals surface area contributed by atoms with E-state index in [9.17, 15) is 13.2 Å². The van der Waals surface area contributed by atoms with Crippen LogP contribution in [0.3, 0.4) is 0 Å². The van der Waals surface area contributed by atoms with Crippen LogP contribution in [0.1, 0.15) is 11.9 Å². The van der Waals surface area contributed by atoms with Gasteiger partial charge in [-0.15, -0.1) is 10.2 Å². The Hall–Kier alpha value is -1.03. The van der Waals surface area contributed by atoms with Gasteiger partial charge in [0.15, 0.2) is 5.17 Å². The zero-order chi connectivity index (χ0) is 15.0. The zero-order valence-electron chi connectivity index (χ0n) is 11.3. The minimum Gasteiger partial charge on any atom is -0.348 e. The number of rotatable bonds is 1. The quantitative estimate of drug-likeness (QED) is 0.786. The number of nitrogens with zero attached hydrogens (tertiary/aromatic N) is 5. The summed E-state index contributed by atoms with van der Waals surface area (Å²) >= 11 is 2.36. The van der Waals surface area contributed by atoms with E-state index in [1.54, 1.807) is 11.8 Å². The van der Waals surface area contributed by atoms with Crippen molar-refractivity contribution in [2.45, 2.75) is 18.3 Å². The van der Waals surface area contributed by atoms with Crippen molar-refractivity contribution in [2.24, 2.45) is 4.99 Å². The predicted octanol–water partition coefficient (Wildman–Crippen LogP) is 2.17. The monoisotopic (exact) mass is 337 g/mol. The van der Waals surface area contributed by atoms with Crippen molar-refractivity contribution >= 4 is 33.4 Å². The Morgan fingerprint density at radius 1 is 1.10 bits per heavy atom. The van der Waals surface area contributed by atoms with Crippen LogP contribution in [0.15, 0.2) is 4.99 Å². The van der Waals surface area contributed by atoms with Gasteiger partial charge >= 0.3 is 6.18 Å². The molecule has 1 aromatic rings. The fourth-order valence-electron chi connectivity index (χ4n) is 2.18. The molecule has 0 aliphatic carbocycles. The number of halogens is 3. The largest absolute Gasteiger partial charge is 0.445 e. The molecule has 1 fully saturated rings. The molecule has 1 saturated heterocycles. The van der Waals surface area contributed by atoms with Crippen molar-refractivity contribution in [2.75, 3.05) is 37.6 Å². The molecule has 0 aromatic carbocycles. The standard InChI is InChI=1S/C11H14F3N5S2/c1-7-6-15-9(20-7)18-2-4-19(5-3-18)10-17-16-8(21-10)11(12,13)14/h7H,2-6H2,1H3. The Morgan fingerprint density at radius 3 is 2.29 bits per heavy atom. The molecule has 1 aromatic heterocycles. The molecule has 2 aliphatic heterocycles. The van der Waals surface area contributed by atoms with Gasteiger partial charge in [-0.25, -0.2) is 0 Å². The number of aliphatic imine (C=N–C) groups is 1. The van der Waals surface area contributed by atoms with Crippen molar-refractivity contribution in [1.29, 1.82) is 0 Å². The molecule has 3 rings (SSSR count). The highest BCUT2D eigenvalue weighted by atomic mass is 32.2. The van der Waals surface area contributed by atoms with E-state index in [0.717, 1.165) is 24.8 Å². The van der Waals surface area contributed by atoms with Gasteiger partial charge in [0.05, 0.1) is 6.54 Å². The summed E-state index contributed by atoms with van der Waals surface area (Å²) in [6, 6.07) is 0. The number of piperazine rings is 1. The molecule has 1 unspecified atom stereocenters. The van der Waals surface area contributed by atoms with Crippen LogP contribution in [0.2, 0.25) is 0 Å². The van der Waals surface area contributed by atoms with Gasteiger partial charge in [0, 0.05) is 31.4 Å². The van der Waals surface area contributed by atoms with Crippen LogP contribution in [-0.4, -0.2) is 58.2 Å². The van der Waals surface area contributed by atoms with Crippen LogP contribution in [-0.2, 0) is 6.18 Å². The molecule has 0 spiro atoms. The predicted molar refractivity (Wildman–Crippen MR) is 78.1 cm³/mol. The van der Waals surface area contributed by atoms with Crippen LogP contribution in [0.4, 0.5) is 18.3 Å². The lowest BCUT2D eigenvalue weighted by atomic mass is 10.3. The molecule has 2 aliphatic rings. The lowest BCUT2D eigenvalue weighted by Crippen LogP contribution is -2.47. The molecule has 0 saturated carbocycles. The number of aromatic nitrogens is 2. The fourth-order valence-corrected chi connectivity index (χ4v) is 3.94. The van der Waals surface area contributed by atoms with Crippen molar-refractivity contribution < 1.29 is 13.2 Å². The van der Waals surface area contributed by atoms with E-state index in [2.05, 4.69) is 27.0 Å². The van der Waals surface area contributed by atoms with Crippen LogP contribution in [0.25, 0.3) is 0 Å². The molecule has 116 valence electrons. The third-order valence-corrected chi connectivity index (χ3v) is 5.45. The first-order valence-corrected chi connectivity index (χ1v) is 8.25. The zero-order valence-corrected chi connectivity index (χ0v) is 12.9. The highest BCUT2D eigenvalue weighted by Crippen LogP contribution is 2.34. The second-order valence-corrected chi connectivity index (χ2v) is 7.27. The van der Waals surface area contributed by atoms with Gasteiger partial charge in [-0.05, 0) is 0 Å². The van der Waals surface area contributed by atoms with Crippen molar-refractivity contribution in [3.8, 4) is 0 Å². The Kier molecular flexibility index (Phi) is 4.00. The molecule has 21 heavy (non-hydrogen) atoms. The summed E-state index contributed by atoms with van der Waals surface area (Å²) in [7, 11) is 0. The van der Waals surface area contributed by atoms with E-state index < -0.39 is 11.2 Å². The summed E-state index contributed by atoms with van der Waals surface area (Å²) in [6.45, 7) is 5.75. The average Bonchev–Trinajstić information content (AvgIpc) is 3.07. The average molecular weight is 337 g/mol. The van der Waals surface area contributed by atoms with Gasteiger partial charge in [0.2, 0.25) is 10.1 Å². The molecule has 10 heteroatoms. The van der Waals surface area contributed by atoms with Gasteiger partial charge < -0.3 is 9.80 Å². The number of thioether (sulfide) groups is 1. The Morgan fingerprint density at radius 2 is 1.76 bits per heavy atom. The van der Waals surface area contributed by atoms with Gasteiger partial charge in [-0.3, -0.25) is 4.99 Å². The molecule has 1 atom stereocenters. The maximum atomic E-state index is 12.5. The third kappa shape index (κ3) is 3.25. The fraction of sp³-hybridized carbons (Fsp3) is 0.727. The molecule has 5 nitrogen and oxygen atoms in total. The van der Waals surface area contributed by atoms with E-state index >= 15 is 0 Å². The van der Waals surface area contributed by atoms with Crippen molar-refractivity contribution in [3.63, 3.8) is 0 Å². The Bertz CT molecular complexity index is 536. The Balaban J connectivity index is 1.60. The van der Waals surface area contributed by atoms with Gasteiger partial charge in [-0.1, -0.05) is 30.0 Å². The molecule has 0 radical (unpaired) electrons. The topological polar surface area (TPSA) is 44.6 Å². The van der Waals surface area contributed by atoms with E-state index in [4.69, 9.17) is 0 Å².